The molecule has 0 unspecified atom stereocenters. The van der Waals surface area contributed by atoms with Gasteiger partial charge in [0.1, 0.15) is 23.4 Å². The first-order valence-corrected chi connectivity index (χ1v) is 10.7. The smallest absolute Gasteiger partial charge is 0.267 e. The Bertz CT molecular complexity index is 1350. The van der Waals surface area contributed by atoms with E-state index in [-0.39, 0.29) is 22.6 Å². The molecule has 7 nitrogen and oxygen atoms in total. The molecule has 2 heterocycles. The molecule has 0 aliphatic carbocycles. The van der Waals surface area contributed by atoms with Crippen LogP contribution in [0.4, 0.5) is 5.69 Å². The van der Waals surface area contributed by atoms with Gasteiger partial charge in [-0.3, -0.25) is 14.2 Å². The van der Waals surface area contributed by atoms with Gasteiger partial charge in [-0.2, -0.15) is 0 Å². The molecular weight excluding hydrogens is 428 g/mol. The van der Waals surface area contributed by atoms with E-state index in [9.17, 15) is 9.59 Å². The van der Waals surface area contributed by atoms with E-state index in [1.165, 1.54) is 10.9 Å². The molecule has 2 aromatic heterocycles. The van der Waals surface area contributed by atoms with Gasteiger partial charge in [-0.25, -0.2) is 4.98 Å². The molecular formula is C24H23ClN4O3. The third-order valence-corrected chi connectivity index (χ3v) is 5.74. The average Bonchev–Trinajstić information content (AvgIpc) is 3.18. The SMILES string of the molecule is CC[C@@H](C(=O)Nc1c(C)cc(C)cc1C)n1cnc2onc(-c3ccc(Cl)cc3)c2c1=O. The largest absolute Gasteiger partial charge is 0.335 e. The molecule has 0 saturated carbocycles. The molecule has 1 N–H and O–H groups in total. The lowest BCUT2D eigenvalue weighted by Crippen LogP contribution is -2.33. The summed E-state index contributed by atoms with van der Waals surface area (Å²) in [7, 11) is 0. The van der Waals surface area contributed by atoms with Gasteiger partial charge in [0, 0.05) is 16.3 Å². The van der Waals surface area contributed by atoms with Crippen molar-refractivity contribution in [2.24, 2.45) is 0 Å². The first-order chi connectivity index (χ1) is 15.3. The van der Waals surface area contributed by atoms with E-state index in [1.54, 1.807) is 24.3 Å². The number of fused-ring (bicyclic) bond motifs is 1. The molecule has 0 aliphatic rings. The van der Waals surface area contributed by atoms with Gasteiger partial charge < -0.3 is 9.84 Å². The van der Waals surface area contributed by atoms with Crippen molar-refractivity contribution in [3.8, 4) is 11.3 Å². The normalized spacial score (nSPS) is 12.2. The lowest BCUT2D eigenvalue weighted by Gasteiger charge is -2.19. The fraction of sp³-hybridized carbons (Fsp3) is 0.250. The zero-order valence-electron chi connectivity index (χ0n) is 18.3. The minimum atomic E-state index is -0.743. The maximum Gasteiger partial charge on any atom is 0.267 e. The second kappa shape index (κ2) is 8.59. The second-order valence-corrected chi connectivity index (χ2v) is 8.30. The number of carbonyl (C=O) groups is 1. The Morgan fingerprint density at radius 2 is 1.81 bits per heavy atom. The highest BCUT2D eigenvalue weighted by Gasteiger charge is 2.25. The molecule has 0 saturated heterocycles. The average molecular weight is 451 g/mol. The van der Waals surface area contributed by atoms with Crippen LogP contribution in [-0.4, -0.2) is 20.6 Å². The fourth-order valence-corrected chi connectivity index (χ4v) is 4.10. The number of benzene rings is 2. The molecule has 32 heavy (non-hydrogen) atoms. The number of nitrogens with one attached hydrogen (secondary N) is 1. The predicted octanol–water partition coefficient (Wildman–Crippen LogP) is 5.22. The Labute approximate surface area is 190 Å². The third-order valence-electron chi connectivity index (χ3n) is 5.49. The van der Waals surface area contributed by atoms with E-state index in [4.69, 9.17) is 16.1 Å². The van der Waals surface area contributed by atoms with Crippen molar-refractivity contribution in [3.05, 3.63) is 74.8 Å². The summed E-state index contributed by atoms with van der Waals surface area (Å²) >= 11 is 5.97. The van der Waals surface area contributed by atoms with Crippen LogP contribution < -0.4 is 10.9 Å². The topological polar surface area (TPSA) is 90.0 Å². The molecule has 0 fully saturated rings. The Kier molecular flexibility index (Phi) is 5.84. The summed E-state index contributed by atoms with van der Waals surface area (Å²) in [5.74, 6) is -0.282. The summed E-state index contributed by atoms with van der Waals surface area (Å²) in [6.07, 6.45) is 1.74. The maximum atomic E-state index is 13.4. The van der Waals surface area contributed by atoms with Crippen molar-refractivity contribution in [1.29, 1.82) is 0 Å². The quantitative estimate of drug-likeness (QED) is 0.450. The van der Waals surface area contributed by atoms with Crippen LogP contribution in [0.15, 0.2) is 52.0 Å². The van der Waals surface area contributed by atoms with Crippen LogP contribution in [0.2, 0.25) is 5.02 Å². The number of hydrogen-bond acceptors (Lipinski definition) is 5. The molecule has 0 radical (unpaired) electrons. The van der Waals surface area contributed by atoms with Gasteiger partial charge in [-0.1, -0.05) is 53.5 Å². The van der Waals surface area contributed by atoms with E-state index in [1.807, 2.05) is 39.8 Å². The predicted molar refractivity (Wildman–Crippen MR) is 125 cm³/mol. The van der Waals surface area contributed by atoms with Gasteiger partial charge in [0.15, 0.2) is 0 Å². The molecule has 0 spiro atoms. The highest BCUT2D eigenvalue weighted by molar-refractivity contribution is 6.30. The van der Waals surface area contributed by atoms with E-state index >= 15 is 0 Å². The lowest BCUT2D eigenvalue weighted by molar-refractivity contribution is -0.119. The molecule has 164 valence electrons. The van der Waals surface area contributed by atoms with Gasteiger partial charge in [-0.05, 0) is 50.5 Å². The van der Waals surface area contributed by atoms with Crippen molar-refractivity contribution in [3.63, 3.8) is 0 Å². The third kappa shape index (κ3) is 3.91. The van der Waals surface area contributed by atoms with E-state index in [0.29, 0.717) is 22.7 Å². The molecule has 4 aromatic rings. The van der Waals surface area contributed by atoms with Crippen LogP contribution in [0, 0.1) is 20.8 Å². The van der Waals surface area contributed by atoms with Crippen molar-refractivity contribution in [2.45, 2.75) is 40.2 Å². The van der Waals surface area contributed by atoms with Crippen molar-refractivity contribution < 1.29 is 9.32 Å². The number of aryl methyl sites for hydroxylation is 3. The lowest BCUT2D eigenvalue weighted by atomic mass is 10.0. The Morgan fingerprint density at radius 1 is 1.16 bits per heavy atom. The highest BCUT2D eigenvalue weighted by Crippen LogP contribution is 2.27. The first-order valence-electron chi connectivity index (χ1n) is 10.3. The molecule has 0 aliphatic heterocycles. The summed E-state index contributed by atoms with van der Waals surface area (Å²) in [5, 5.41) is 7.83. The Balaban J connectivity index is 1.75. The molecule has 4 rings (SSSR count). The molecule has 1 amide bonds. The van der Waals surface area contributed by atoms with Crippen LogP contribution in [0.3, 0.4) is 0 Å². The summed E-state index contributed by atoms with van der Waals surface area (Å²) in [6.45, 7) is 7.76. The van der Waals surface area contributed by atoms with E-state index < -0.39 is 6.04 Å². The number of aromatic nitrogens is 3. The van der Waals surface area contributed by atoms with Crippen LogP contribution in [0.25, 0.3) is 22.4 Å². The van der Waals surface area contributed by atoms with Gasteiger partial charge in [-0.15, -0.1) is 0 Å². The summed E-state index contributed by atoms with van der Waals surface area (Å²) in [6, 6.07) is 10.2. The maximum absolute atomic E-state index is 13.4. The minimum absolute atomic E-state index is 0.122. The Morgan fingerprint density at radius 3 is 2.44 bits per heavy atom. The number of rotatable bonds is 5. The Hall–Kier alpha value is -3.45. The van der Waals surface area contributed by atoms with Crippen molar-refractivity contribution >= 4 is 34.3 Å². The number of amides is 1. The number of anilines is 1. The van der Waals surface area contributed by atoms with Crippen LogP contribution >= 0.6 is 11.6 Å². The van der Waals surface area contributed by atoms with Crippen LogP contribution in [0.1, 0.15) is 36.1 Å². The standard InChI is InChI=1S/C24H23ClN4O3/c1-5-18(22(30)27-20-14(3)10-13(2)11-15(20)4)29-12-26-23-19(24(29)31)21(28-32-23)16-6-8-17(25)9-7-16/h6-12,18H,5H2,1-4H3,(H,27,30)/t18-/m0/s1. The first kappa shape index (κ1) is 21.8. The molecule has 2 aromatic carbocycles. The summed E-state index contributed by atoms with van der Waals surface area (Å²) in [5.41, 5.74) is 4.59. The molecule has 1 atom stereocenters. The van der Waals surface area contributed by atoms with E-state index in [0.717, 1.165) is 22.4 Å². The monoisotopic (exact) mass is 450 g/mol. The number of nitrogens with zero attached hydrogens (tertiary/aromatic N) is 3. The van der Waals surface area contributed by atoms with E-state index in [2.05, 4.69) is 15.5 Å². The zero-order chi connectivity index (χ0) is 23.0. The molecule has 0 bridgehead atoms. The zero-order valence-corrected chi connectivity index (χ0v) is 19.0. The fourth-order valence-electron chi connectivity index (χ4n) is 3.98. The highest BCUT2D eigenvalue weighted by atomic mass is 35.5. The van der Waals surface area contributed by atoms with Crippen LogP contribution in [0.5, 0.6) is 0 Å². The number of carbonyl (C=O) groups excluding carboxylic acids is 1. The van der Waals surface area contributed by atoms with Crippen molar-refractivity contribution in [2.75, 3.05) is 5.32 Å². The summed E-state index contributed by atoms with van der Waals surface area (Å²) in [4.78, 5) is 30.8. The van der Waals surface area contributed by atoms with Gasteiger partial charge in [0.05, 0.1) is 0 Å². The van der Waals surface area contributed by atoms with Gasteiger partial charge >= 0.3 is 0 Å². The number of hydrogen-bond donors (Lipinski definition) is 1. The second-order valence-electron chi connectivity index (χ2n) is 7.86. The number of halogens is 1. The van der Waals surface area contributed by atoms with Gasteiger partial charge in [0.25, 0.3) is 11.3 Å². The van der Waals surface area contributed by atoms with Crippen molar-refractivity contribution in [1.82, 2.24) is 14.7 Å². The molecule has 8 heteroatoms. The summed E-state index contributed by atoms with van der Waals surface area (Å²) < 4.78 is 6.61. The van der Waals surface area contributed by atoms with Gasteiger partial charge in [0.2, 0.25) is 5.91 Å². The minimum Gasteiger partial charge on any atom is -0.335 e. The van der Waals surface area contributed by atoms with Crippen LogP contribution in [-0.2, 0) is 4.79 Å².